The van der Waals surface area contributed by atoms with E-state index in [1.165, 1.54) is 25.1 Å². The van der Waals surface area contributed by atoms with Crippen LogP contribution in [0.1, 0.15) is 12.5 Å². The molecule has 3 amide bonds. The fraction of sp³-hybridized carbons (Fsp3) is 0.211. The van der Waals surface area contributed by atoms with Gasteiger partial charge in [-0.15, -0.1) is 0 Å². The first-order valence-electron chi connectivity index (χ1n) is 8.37. The minimum absolute atomic E-state index is 0.154. The fourth-order valence-corrected chi connectivity index (χ4v) is 3.33. The molecular formula is C19H18BrCl2N3O4. The third kappa shape index (κ3) is 7.23. The van der Waals surface area contributed by atoms with Crippen LogP contribution in [0.4, 0.5) is 10.5 Å². The maximum absolute atomic E-state index is 13.0. The maximum Gasteiger partial charge on any atom is 0.323 e. The molecule has 0 aliphatic heterocycles. The van der Waals surface area contributed by atoms with E-state index in [1.54, 1.807) is 0 Å². The van der Waals surface area contributed by atoms with E-state index in [4.69, 9.17) is 28.3 Å². The van der Waals surface area contributed by atoms with Crippen molar-refractivity contribution in [1.29, 1.82) is 0 Å². The van der Waals surface area contributed by atoms with Gasteiger partial charge in [0.25, 0.3) is 0 Å². The number of nitrogens with one attached hydrogen (secondary N) is 3. The standard InChI is InChI=1S/C19H18BrCl2N3O4/c1-19(25-18(29)23-10-16(26)27,9-11-2-4-12(20)5-3-11)17(28)24-15-7-13(21)6-14(22)8-15/h2-8H,9-10H2,1H3,(H,24,28)(H,26,27)(H2,23,25,29). The highest BCUT2D eigenvalue weighted by Crippen LogP contribution is 2.24. The minimum atomic E-state index is -1.40. The Labute approximate surface area is 185 Å². The number of halogens is 3. The van der Waals surface area contributed by atoms with Crippen LogP contribution < -0.4 is 16.0 Å². The number of benzene rings is 2. The first-order valence-corrected chi connectivity index (χ1v) is 9.92. The van der Waals surface area contributed by atoms with Crippen LogP contribution in [0.2, 0.25) is 10.0 Å². The summed E-state index contributed by atoms with van der Waals surface area (Å²) in [6.45, 7) is 0.961. The number of carbonyl (C=O) groups is 3. The normalized spacial score (nSPS) is 12.6. The van der Waals surface area contributed by atoms with E-state index in [-0.39, 0.29) is 6.42 Å². The van der Waals surface area contributed by atoms with Gasteiger partial charge in [-0.05, 0) is 42.8 Å². The summed E-state index contributed by atoms with van der Waals surface area (Å²) in [5, 5.41) is 16.8. The second-order valence-electron chi connectivity index (χ2n) is 6.45. The molecule has 0 spiro atoms. The lowest BCUT2D eigenvalue weighted by atomic mass is 9.91. The number of aliphatic carboxylic acids is 1. The summed E-state index contributed by atoms with van der Waals surface area (Å²) in [5.41, 5.74) is -0.249. The van der Waals surface area contributed by atoms with E-state index in [0.29, 0.717) is 15.7 Å². The van der Waals surface area contributed by atoms with Crippen molar-refractivity contribution in [2.75, 3.05) is 11.9 Å². The fourth-order valence-electron chi connectivity index (χ4n) is 2.54. The van der Waals surface area contributed by atoms with Crippen molar-refractivity contribution in [3.05, 3.63) is 62.5 Å². The summed E-state index contributed by atoms with van der Waals surface area (Å²) in [6.07, 6.45) is 0.154. The highest BCUT2D eigenvalue weighted by Gasteiger charge is 2.35. The molecule has 0 bridgehead atoms. The lowest BCUT2D eigenvalue weighted by Gasteiger charge is -2.30. The molecule has 10 heteroatoms. The molecule has 154 valence electrons. The van der Waals surface area contributed by atoms with Crippen LogP contribution in [0.5, 0.6) is 0 Å². The van der Waals surface area contributed by atoms with Gasteiger partial charge >= 0.3 is 12.0 Å². The van der Waals surface area contributed by atoms with Gasteiger partial charge in [0.2, 0.25) is 5.91 Å². The average molecular weight is 503 g/mol. The molecule has 0 heterocycles. The molecule has 1 unspecified atom stereocenters. The number of carbonyl (C=O) groups excluding carboxylic acids is 2. The molecule has 1 atom stereocenters. The van der Waals surface area contributed by atoms with Crippen molar-refractivity contribution in [2.24, 2.45) is 0 Å². The second-order valence-corrected chi connectivity index (χ2v) is 8.24. The molecule has 2 aromatic carbocycles. The van der Waals surface area contributed by atoms with E-state index in [0.717, 1.165) is 10.0 Å². The van der Waals surface area contributed by atoms with Gasteiger partial charge in [-0.2, -0.15) is 0 Å². The lowest BCUT2D eigenvalue weighted by Crippen LogP contribution is -2.58. The summed E-state index contributed by atoms with van der Waals surface area (Å²) in [6, 6.07) is 11.0. The molecule has 7 nitrogen and oxygen atoms in total. The van der Waals surface area contributed by atoms with Gasteiger partial charge in [0, 0.05) is 26.6 Å². The predicted octanol–water partition coefficient (Wildman–Crippen LogP) is 4.08. The van der Waals surface area contributed by atoms with Gasteiger partial charge in [-0.3, -0.25) is 9.59 Å². The van der Waals surface area contributed by atoms with Crippen molar-refractivity contribution >= 4 is 62.7 Å². The first-order chi connectivity index (χ1) is 13.6. The molecule has 0 aliphatic rings. The molecular weight excluding hydrogens is 485 g/mol. The number of anilines is 1. The number of urea groups is 1. The van der Waals surface area contributed by atoms with Crippen LogP contribution in [-0.2, 0) is 16.0 Å². The Morgan fingerprint density at radius 2 is 1.66 bits per heavy atom. The van der Waals surface area contributed by atoms with Crippen LogP contribution in [0.25, 0.3) is 0 Å². The zero-order valence-corrected chi connectivity index (χ0v) is 18.4. The number of hydrogen-bond acceptors (Lipinski definition) is 3. The summed E-state index contributed by atoms with van der Waals surface area (Å²) < 4.78 is 0.869. The molecule has 0 fully saturated rings. The van der Waals surface area contributed by atoms with Crippen LogP contribution in [0.15, 0.2) is 46.9 Å². The predicted molar refractivity (Wildman–Crippen MR) is 116 cm³/mol. The van der Waals surface area contributed by atoms with Crippen molar-refractivity contribution < 1.29 is 19.5 Å². The molecule has 0 aliphatic carbocycles. The number of amides is 3. The minimum Gasteiger partial charge on any atom is -0.480 e. The van der Waals surface area contributed by atoms with E-state index in [9.17, 15) is 14.4 Å². The number of carboxylic acids is 1. The van der Waals surface area contributed by atoms with Crippen LogP contribution in [-0.4, -0.2) is 35.1 Å². The summed E-state index contributed by atoms with van der Waals surface area (Å²) in [7, 11) is 0. The van der Waals surface area contributed by atoms with Crippen LogP contribution in [0, 0.1) is 0 Å². The van der Waals surface area contributed by atoms with Gasteiger partial charge in [0.1, 0.15) is 12.1 Å². The Morgan fingerprint density at radius 3 is 2.21 bits per heavy atom. The molecule has 0 saturated carbocycles. The molecule has 29 heavy (non-hydrogen) atoms. The Morgan fingerprint density at radius 1 is 1.07 bits per heavy atom. The monoisotopic (exact) mass is 501 g/mol. The lowest BCUT2D eigenvalue weighted by molar-refractivity contribution is -0.135. The maximum atomic E-state index is 13.0. The second kappa shape index (κ2) is 9.96. The Balaban J connectivity index is 2.25. The Bertz CT molecular complexity index is 904. The highest BCUT2D eigenvalue weighted by atomic mass is 79.9. The largest absolute Gasteiger partial charge is 0.480 e. The molecule has 0 radical (unpaired) electrons. The molecule has 0 saturated heterocycles. The van der Waals surface area contributed by atoms with Gasteiger partial charge in [0.15, 0.2) is 0 Å². The zero-order valence-electron chi connectivity index (χ0n) is 15.3. The SMILES string of the molecule is CC(Cc1ccc(Br)cc1)(NC(=O)NCC(=O)O)C(=O)Nc1cc(Cl)cc(Cl)c1. The van der Waals surface area contributed by atoms with E-state index in [2.05, 4.69) is 31.9 Å². The number of rotatable bonds is 7. The third-order valence-corrected chi connectivity index (χ3v) is 4.85. The summed E-state index contributed by atoms with van der Waals surface area (Å²) in [5.74, 6) is -1.72. The Hall–Kier alpha value is -2.29. The zero-order chi connectivity index (χ0) is 21.6. The number of carboxylic acid groups (broad SMARTS) is 1. The molecule has 2 aromatic rings. The topological polar surface area (TPSA) is 108 Å². The first kappa shape index (κ1) is 23.0. The Kier molecular flexibility index (Phi) is 7.89. The van der Waals surface area contributed by atoms with E-state index in [1.807, 2.05) is 24.3 Å². The number of hydrogen-bond donors (Lipinski definition) is 4. The van der Waals surface area contributed by atoms with Crippen molar-refractivity contribution in [3.63, 3.8) is 0 Å². The highest BCUT2D eigenvalue weighted by molar-refractivity contribution is 9.10. The molecule has 2 rings (SSSR count). The van der Waals surface area contributed by atoms with Crippen molar-refractivity contribution in [3.8, 4) is 0 Å². The van der Waals surface area contributed by atoms with Gasteiger partial charge in [-0.25, -0.2) is 4.79 Å². The summed E-state index contributed by atoms with van der Waals surface area (Å²) in [4.78, 5) is 35.9. The van der Waals surface area contributed by atoms with Gasteiger partial charge < -0.3 is 21.1 Å². The third-order valence-electron chi connectivity index (χ3n) is 3.88. The van der Waals surface area contributed by atoms with Crippen LogP contribution in [0.3, 0.4) is 0 Å². The van der Waals surface area contributed by atoms with Crippen molar-refractivity contribution in [2.45, 2.75) is 18.9 Å². The molecule has 4 N–H and O–H groups in total. The average Bonchev–Trinajstić information content (AvgIpc) is 2.61. The van der Waals surface area contributed by atoms with Gasteiger partial charge in [-0.1, -0.05) is 51.3 Å². The van der Waals surface area contributed by atoms with Gasteiger partial charge in [0.05, 0.1) is 0 Å². The van der Waals surface area contributed by atoms with Crippen molar-refractivity contribution in [1.82, 2.24) is 10.6 Å². The van der Waals surface area contributed by atoms with Crippen LogP contribution >= 0.6 is 39.1 Å². The molecule has 0 aromatic heterocycles. The van der Waals surface area contributed by atoms with E-state index < -0.39 is 30.0 Å². The van der Waals surface area contributed by atoms with E-state index >= 15 is 0 Å². The summed E-state index contributed by atoms with van der Waals surface area (Å²) >= 11 is 15.3. The smallest absolute Gasteiger partial charge is 0.323 e. The quantitative estimate of drug-likeness (QED) is 0.457.